The van der Waals surface area contributed by atoms with Gasteiger partial charge in [0.2, 0.25) is 0 Å². The highest BCUT2D eigenvalue weighted by atomic mass is 35.6. The molecule has 0 fully saturated rings. The van der Waals surface area contributed by atoms with Gasteiger partial charge in [0.1, 0.15) is 0 Å². The fourth-order valence-electron chi connectivity index (χ4n) is 0. The normalized spacial score (nSPS) is 11.8. The molecule has 0 bridgehead atoms. The lowest BCUT2D eigenvalue weighted by atomic mass is 10.6. The van der Waals surface area contributed by atoms with Gasteiger partial charge in [-0.3, -0.25) is 9.11 Å². The summed E-state index contributed by atoms with van der Waals surface area (Å²) in [4.78, 5) is 0. The maximum atomic E-state index is 8.74. The van der Waals surface area contributed by atoms with Crippen molar-refractivity contribution in [1.82, 2.24) is 0 Å². The SMILES string of the molecule is CCC(Cl)(Cl)Cl.O=S(=O)(O)O. The molecular weight excluding hydrogens is 238 g/mol. The van der Waals surface area contributed by atoms with Gasteiger partial charge in [-0.2, -0.15) is 8.42 Å². The van der Waals surface area contributed by atoms with Crippen LogP contribution >= 0.6 is 34.8 Å². The number of alkyl halides is 3. The summed E-state index contributed by atoms with van der Waals surface area (Å²) in [6.07, 6.45) is 0.567. The Morgan fingerprint density at radius 1 is 1.27 bits per heavy atom. The standard InChI is InChI=1S/C3H5Cl3.H2O4S/c1-2-3(4,5)6;1-5(2,3)4/h2H2,1H3;(H2,1,2,3,4). The van der Waals surface area contributed by atoms with Crippen molar-refractivity contribution in [2.45, 2.75) is 17.1 Å². The Labute approximate surface area is 80.0 Å². The number of hydrogen-bond acceptors (Lipinski definition) is 2. The molecule has 0 aromatic rings. The van der Waals surface area contributed by atoms with E-state index >= 15 is 0 Å². The molecular formula is C3H7Cl3O4S. The number of rotatable bonds is 0. The van der Waals surface area contributed by atoms with E-state index in [9.17, 15) is 0 Å². The smallest absolute Gasteiger partial charge is 0.264 e. The lowest BCUT2D eigenvalue weighted by molar-refractivity contribution is 0.381. The van der Waals surface area contributed by atoms with Crippen molar-refractivity contribution in [3.8, 4) is 0 Å². The first-order valence-corrected chi connectivity index (χ1v) is 4.86. The molecule has 0 unspecified atom stereocenters. The van der Waals surface area contributed by atoms with E-state index in [1.807, 2.05) is 6.92 Å². The highest BCUT2D eigenvalue weighted by Gasteiger charge is 2.14. The first-order chi connectivity index (χ1) is 4.56. The van der Waals surface area contributed by atoms with E-state index in [0.29, 0.717) is 6.42 Å². The summed E-state index contributed by atoms with van der Waals surface area (Å²) in [5.41, 5.74) is 0. The van der Waals surface area contributed by atoms with Gasteiger partial charge in [0.15, 0.2) is 3.79 Å². The van der Waals surface area contributed by atoms with Crippen LogP contribution in [-0.4, -0.2) is 21.3 Å². The molecule has 0 radical (unpaired) electrons. The van der Waals surface area contributed by atoms with Crippen LogP contribution in [0.15, 0.2) is 0 Å². The van der Waals surface area contributed by atoms with E-state index in [4.69, 9.17) is 52.3 Å². The van der Waals surface area contributed by atoms with Gasteiger partial charge in [0, 0.05) is 0 Å². The molecule has 0 aromatic carbocycles. The summed E-state index contributed by atoms with van der Waals surface area (Å²) in [7, 11) is -4.67. The molecule has 0 spiro atoms. The van der Waals surface area contributed by atoms with Crippen molar-refractivity contribution in [2.24, 2.45) is 0 Å². The molecule has 0 amide bonds. The van der Waals surface area contributed by atoms with E-state index in [2.05, 4.69) is 0 Å². The minimum Gasteiger partial charge on any atom is -0.264 e. The Kier molecular flexibility index (Phi) is 7.00. The fraction of sp³-hybridized carbons (Fsp3) is 1.00. The first kappa shape index (κ1) is 14.3. The van der Waals surface area contributed by atoms with Gasteiger partial charge in [-0.1, -0.05) is 41.7 Å². The predicted octanol–water partition coefficient (Wildman–Crippen LogP) is 2.11. The van der Waals surface area contributed by atoms with Crippen molar-refractivity contribution >= 4 is 45.2 Å². The molecule has 0 aliphatic carbocycles. The summed E-state index contributed by atoms with van der Waals surface area (Å²) < 4.78 is 30.5. The maximum absolute atomic E-state index is 8.74. The van der Waals surface area contributed by atoms with Gasteiger partial charge in [0.05, 0.1) is 0 Å². The Bertz CT molecular complexity index is 173. The van der Waals surface area contributed by atoms with Gasteiger partial charge in [-0.25, -0.2) is 0 Å². The van der Waals surface area contributed by atoms with Gasteiger partial charge < -0.3 is 0 Å². The van der Waals surface area contributed by atoms with Crippen LogP contribution in [0.25, 0.3) is 0 Å². The topological polar surface area (TPSA) is 74.6 Å². The zero-order chi connectivity index (χ0) is 9.71. The summed E-state index contributed by atoms with van der Waals surface area (Å²) >= 11 is 15.7. The van der Waals surface area contributed by atoms with Gasteiger partial charge in [-0.05, 0) is 6.42 Å². The van der Waals surface area contributed by atoms with Crippen LogP contribution in [0.4, 0.5) is 0 Å². The van der Waals surface area contributed by atoms with Crippen LogP contribution in [-0.2, 0) is 10.4 Å². The molecule has 0 atom stereocenters. The predicted molar refractivity (Wildman–Crippen MR) is 44.8 cm³/mol. The van der Waals surface area contributed by atoms with E-state index < -0.39 is 14.2 Å². The highest BCUT2D eigenvalue weighted by Crippen LogP contribution is 2.28. The molecule has 0 aliphatic heterocycles. The van der Waals surface area contributed by atoms with E-state index in [1.54, 1.807) is 0 Å². The van der Waals surface area contributed by atoms with E-state index in [1.165, 1.54) is 0 Å². The van der Waals surface area contributed by atoms with Crippen LogP contribution < -0.4 is 0 Å². The lowest BCUT2D eigenvalue weighted by Gasteiger charge is -2.02. The lowest BCUT2D eigenvalue weighted by Crippen LogP contribution is -1.95. The number of hydrogen-bond donors (Lipinski definition) is 2. The van der Waals surface area contributed by atoms with Crippen LogP contribution in [0, 0.1) is 0 Å². The van der Waals surface area contributed by atoms with E-state index in [0.717, 1.165) is 0 Å². The molecule has 0 heterocycles. The van der Waals surface area contributed by atoms with Crippen molar-refractivity contribution in [1.29, 1.82) is 0 Å². The Morgan fingerprint density at radius 2 is 1.36 bits per heavy atom. The quantitative estimate of drug-likeness (QED) is 0.506. The van der Waals surface area contributed by atoms with Crippen LogP contribution in [0.3, 0.4) is 0 Å². The Hall–Kier alpha value is 0.740. The van der Waals surface area contributed by atoms with Crippen LogP contribution in [0.1, 0.15) is 13.3 Å². The molecule has 2 N–H and O–H groups in total. The van der Waals surface area contributed by atoms with Crippen molar-refractivity contribution in [3.63, 3.8) is 0 Å². The number of halogens is 3. The van der Waals surface area contributed by atoms with Crippen molar-refractivity contribution < 1.29 is 17.5 Å². The third-order valence-corrected chi connectivity index (χ3v) is 1.20. The largest absolute Gasteiger partial charge is 0.394 e. The summed E-state index contributed by atoms with van der Waals surface area (Å²) in [6, 6.07) is 0. The fourth-order valence-corrected chi connectivity index (χ4v) is 0. The monoisotopic (exact) mass is 244 g/mol. The summed E-state index contributed by atoms with van der Waals surface area (Å²) in [6.45, 7) is 1.81. The minimum absolute atomic E-state index is 0.567. The molecule has 0 aromatic heterocycles. The Balaban J connectivity index is 0. The van der Waals surface area contributed by atoms with Crippen molar-refractivity contribution in [3.05, 3.63) is 0 Å². The first-order valence-electron chi connectivity index (χ1n) is 2.33. The van der Waals surface area contributed by atoms with E-state index in [-0.39, 0.29) is 0 Å². The molecule has 0 saturated carbocycles. The molecule has 0 rings (SSSR count). The molecule has 0 aliphatic rings. The zero-order valence-electron chi connectivity index (χ0n) is 5.46. The second-order valence-electron chi connectivity index (χ2n) is 1.42. The summed E-state index contributed by atoms with van der Waals surface area (Å²) in [5.74, 6) is 0. The second-order valence-corrected chi connectivity index (χ2v) is 4.83. The highest BCUT2D eigenvalue weighted by molar-refractivity contribution is 7.79. The molecule has 11 heavy (non-hydrogen) atoms. The van der Waals surface area contributed by atoms with Crippen LogP contribution in [0.2, 0.25) is 0 Å². The molecule has 70 valence electrons. The zero-order valence-corrected chi connectivity index (χ0v) is 8.54. The third-order valence-electron chi connectivity index (χ3n) is 0.401. The third kappa shape index (κ3) is 58.7. The second kappa shape index (κ2) is 5.40. The molecule has 0 saturated heterocycles. The van der Waals surface area contributed by atoms with Gasteiger partial charge >= 0.3 is 10.4 Å². The Morgan fingerprint density at radius 3 is 1.36 bits per heavy atom. The van der Waals surface area contributed by atoms with Crippen LogP contribution in [0.5, 0.6) is 0 Å². The minimum atomic E-state index is -4.67. The summed E-state index contributed by atoms with van der Waals surface area (Å²) in [5, 5.41) is 0. The average Bonchev–Trinajstić information content (AvgIpc) is 1.59. The molecule has 4 nitrogen and oxygen atoms in total. The van der Waals surface area contributed by atoms with Gasteiger partial charge in [-0.15, -0.1) is 0 Å². The maximum Gasteiger partial charge on any atom is 0.394 e. The molecule has 8 heteroatoms. The van der Waals surface area contributed by atoms with Gasteiger partial charge in [0.25, 0.3) is 0 Å². The van der Waals surface area contributed by atoms with Crippen molar-refractivity contribution in [2.75, 3.05) is 0 Å². The average molecular weight is 246 g/mol.